The minimum Gasteiger partial charge on any atom is -0.366 e. The molecule has 0 spiro atoms. The van der Waals surface area contributed by atoms with Crippen LogP contribution in [0, 0.1) is 18.8 Å². The quantitative estimate of drug-likeness (QED) is 0.725. The number of benzene rings is 1. The van der Waals surface area contributed by atoms with Crippen molar-refractivity contribution in [3.63, 3.8) is 0 Å². The smallest absolute Gasteiger partial charge is 0.148 e. The van der Waals surface area contributed by atoms with Crippen LogP contribution in [0.4, 0.5) is 5.82 Å². The maximum Gasteiger partial charge on any atom is 0.148 e. The summed E-state index contributed by atoms with van der Waals surface area (Å²) in [6.07, 6.45) is 4.44. The third kappa shape index (κ3) is 3.90. The first kappa shape index (κ1) is 18.3. The molecule has 6 nitrogen and oxygen atoms in total. The number of aryl methyl sites for hydroxylation is 2. The molecule has 0 bridgehead atoms. The van der Waals surface area contributed by atoms with Gasteiger partial charge in [-0.1, -0.05) is 30.3 Å². The fourth-order valence-corrected chi connectivity index (χ4v) is 5.10. The van der Waals surface area contributed by atoms with E-state index in [2.05, 4.69) is 55.8 Å². The molecule has 3 heterocycles. The molecule has 3 atom stereocenters. The lowest BCUT2D eigenvalue weighted by atomic mass is 10.0. The number of hydrogen-bond acceptors (Lipinski definition) is 5. The number of nitrogens with zero attached hydrogens (tertiary/aromatic N) is 5. The van der Waals surface area contributed by atoms with Crippen LogP contribution >= 0.6 is 0 Å². The van der Waals surface area contributed by atoms with E-state index in [1.807, 2.05) is 37.0 Å². The topological polar surface area (TPSA) is 58.9 Å². The summed E-state index contributed by atoms with van der Waals surface area (Å²) in [5.41, 5.74) is 4.31. The first-order chi connectivity index (χ1) is 14.1. The molecule has 2 aromatic heterocycles. The summed E-state index contributed by atoms with van der Waals surface area (Å²) in [5, 5.41) is 16.9. The number of fused-ring (bicyclic) bond motifs is 1. The molecule has 0 amide bonds. The summed E-state index contributed by atoms with van der Waals surface area (Å²) < 4.78 is 1.82. The maximum atomic E-state index is 4.43. The molecule has 3 aromatic rings. The van der Waals surface area contributed by atoms with Crippen LogP contribution in [0.15, 0.2) is 48.7 Å². The van der Waals surface area contributed by atoms with Crippen molar-refractivity contribution in [3.8, 4) is 11.3 Å². The fraction of sp³-hybridized carbons (Fsp3) is 0.435. The molecule has 5 rings (SSSR count). The highest BCUT2D eigenvalue weighted by atomic mass is 15.3. The van der Waals surface area contributed by atoms with Gasteiger partial charge >= 0.3 is 0 Å². The molecule has 0 radical (unpaired) electrons. The monoisotopic (exact) mass is 388 g/mol. The summed E-state index contributed by atoms with van der Waals surface area (Å²) in [6, 6.07) is 15.4. The van der Waals surface area contributed by atoms with E-state index in [9.17, 15) is 0 Å². The largest absolute Gasteiger partial charge is 0.366 e. The van der Waals surface area contributed by atoms with Gasteiger partial charge in [0.2, 0.25) is 0 Å². The minimum atomic E-state index is 0.504. The Morgan fingerprint density at radius 1 is 1.00 bits per heavy atom. The third-order valence-electron chi connectivity index (χ3n) is 6.38. The van der Waals surface area contributed by atoms with Crippen molar-refractivity contribution >= 4 is 5.82 Å². The van der Waals surface area contributed by atoms with Gasteiger partial charge in [0.25, 0.3) is 0 Å². The van der Waals surface area contributed by atoms with Crippen molar-refractivity contribution in [1.29, 1.82) is 0 Å². The minimum absolute atomic E-state index is 0.504. The molecule has 150 valence electrons. The molecule has 29 heavy (non-hydrogen) atoms. The van der Waals surface area contributed by atoms with Gasteiger partial charge in [-0.25, -0.2) is 0 Å². The molecule has 2 fully saturated rings. The summed E-state index contributed by atoms with van der Waals surface area (Å²) in [7, 11) is 1.93. The average Bonchev–Trinajstić information content (AvgIpc) is 3.36. The van der Waals surface area contributed by atoms with Gasteiger partial charge in [0.05, 0.1) is 11.4 Å². The lowest BCUT2D eigenvalue weighted by Gasteiger charge is -2.19. The van der Waals surface area contributed by atoms with E-state index in [0.717, 1.165) is 41.1 Å². The van der Waals surface area contributed by atoms with Gasteiger partial charge in [-0.3, -0.25) is 9.58 Å². The second kappa shape index (κ2) is 7.59. The van der Waals surface area contributed by atoms with Crippen LogP contribution in [-0.2, 0) is 13.6 Å². The zero-order chi connectivity index (χ0) is 19.8. The Morgan fingerprint density at radius 3 is 2.38 bits per heavy atom. The Bertz CT molecular complexity index is 951. The Balaban J connectivity index is 1.16. The van der Waals surface area contributed by atoms with Crippen LogP contribution in [0.3, 0.4) is 0 Å². The zero-order valence-corrected chi connectivity index (χ0v) is 17.1. The van der Waals surface area contributed by atoms with Gasteiger partial charge in [-0.05, 0) is 49.3 Å². The zero-order valence-electron chi connectivity index (χ0n) is 17.1. The fourth-order valence-electron chi connectivity index (χ4n) is 5.10. The summed E-state index contributed by atoms with van der Waals surface area (Å²) in [4.78, 5) is 2.62. The van der Waals surface area contributed by atoms with Crippen molar-refractivity contribution in [2.75, 3.05) is 18.4 Å². The Hall–Kier alpha value is -2.73. The number of rotatable bonds is 5. The van der Waals surface area contributed by atoms with Crippen molar-refractivity contribution in [2.45, 2.75) is 32.4 Å². The van der Waals surface area contributed by atoms with Crippen molar-refractivity contribution < 1.29 is 0 Å². The Kier molecular flexibility index (Phi) is 4.79. The van der Waals surface area contributed by atoms with Crippen LogP contribution in [0.25, 0.3) is 11.3 Å². The number of hydrogen-bond donors (Lipinski definition) is 1. The van der Waals surface area contributed by atoms with E-state index < -0.39 is 0 Å². The summed E-state index contributed by atoms with van der Waals surface area (Å²) in [5.74, 6) is 2.46. The van der Waals surface area contributed by atoms with Gasteiger partial charge in [-0.2, -0.15) is 5.10 Å². The van der Waals surface area contributed by atoms with Crippen molar-refractivity contribution in [2.24, 2.45) is 18.9 Å². The van der Waals surface area contributed by atoms with Gasteiger partial charge in [0.15, 0.2) is 0 Å². The lowest BCUT2D eigenvalue weighted by molar-refractivity contribution is 0.301. The van der Waals surface area contributed by atoms with Crippen LogP contribution in [0.1, 0.15) is 24.1 Å². The second-order valence-corrected chi connectivity index (χ2v) is 8.62. The third-order valence-corrected chi connectivity index (χ3v) is 6.38. The van der Waals surface area contributed by atoms with Crippen molar-refractivity contribution in [3.05, 3.63) is 59.9 Å². The maximum absolute atomic E-state index is 4.43. The molecule has 1 saturated heterocycles. The highest BCUT2D eigenvalue weighted by Gasteiger charge is 2.40. The molecule has 1 aromatic carbocycles. The number of anilines is 1. The van der Waals surface area contributed by atoms with Crippen LogP contribution < -0.4 is 5.32 Å². The molecule has 1 aliphatic heterocycles. The lowest BCUT2D eigenvalue weighted by Crippen LogP contribution is -2.25. The number of aromatic nitrogens is 4. The van der Waals surface area contributed by atoms with Gasteiger partial charge in [0, 0.05) is 44.5 Å². The van der Waals surface area contributed by atoms with Gasteiger partial charge < -0.3 is 5.32 Å². The number of nitrogens with one attached hydrogen (secondary N) is 1. The molecular weight excluding hydrogens is 360 g/mol. The molecule has 2 aliphatic rings. The average molecular weight is 389 g/mol. The Labute approximate surface area is 172 Å². The van der Waals surface area contributed by atoms with E-state index in [4.69, 9.17) is 0 Å². The van der Waals surface area contributed by atoms with Crippen molar-refractivity contribution in [1.82, 2.24) is 24.9 Å². The van der Waals surface area contributed by atoms with E-state index in [1.165, 1.54) is 31.5 Å². The van der Waals surface area contributed by atoms with E-state index >= 15 is 0 Å². The summed E-state index contributed by atoms with van der Waals surface area (Å²) in [6.45, 7) is 5.50. The molecule has 1 unspecified atom stereocenters. The molecular formula is C23H28N6. The molecule has 1 aliphatic carbocycles. The van der Waals surface area contributed by atoms with E-state index in [1.54, 1.807) is 0 Å². The SMILES string of the molecule is Cc1nn(C)cc1-c1ccc(NC2C[C@@H]3CN(Cc4ccccc4)C[C@@H]3C2)nn1. The second-order valence-electron chi connectivity index (χ2n) is 8.62. The normalized spacial score (nSPS) is 24.0. The van der Waals surface area contributed by atoms with Gasteiger partial charge in [-0.15, -0.1) is 10.2 Å². The molecule has 6 heteroatoms. The predicted octanol–water partition coefficient (Wildman–Crippen LogP) is 3.51. The van der Waals surface area contributed by atoms with Gasteiger partial charge in [0.1, 0.15) is 5.82 Å². The molecule has 1 saturated carbocycles. The van der Waals surface area contributed by atoms with Crippen LogP contribution in [0.5, 0.6) is 0 Å². The van der Waals surface area contributed by atoms with Crippen LogP contribution in [-0.4, -0.2) is 44.0 Å². The standard InChI is InChI=1S/C23H28N6/c1-16-21(15-28(2)27-16)22-8-9-23(26-25-22)24-20-10-18-13-29(14-19(18)11-20)12-17-6-4-3-5-7-17/h3-9,15,18-20H,10-14H2,1-2H3,(H,24,26)/t18-,19+,20?. The highest BCUT2D eigenvalue weighted by molar-refractivity contribution is 5.61. The highest BCUT2D eigenvalue weighted by Crippen LogP contribution is 2.39. The molecule has 1 N–H and O–H groups in total. The van der Waals surface area contributed by atoms with Crippen LogP contribution in [0.2, 0.25) is 0 Å². The van der Waals surface area contributed by atoms with E-state index in [0.29, 0.717) is 6.04 Å². The number of likely N-dealkylation sites (tertiary alicyclic amines) is 1. The predicted molar refractivity (Wildman–Crippen MR) is 114 cm³/mol. The Morgan fingerprint density at radius 2 is 1.76 bits per heavy atom. The first-order valence-electron chi connectivity index (χ1n) is 10.5. The first-order valence-corrected chi connectivity index (χ1v) is 10.5. The van der Waals surface area contributed by atoms with E-state index in [-0.39, 0.29) is 0 Å². The summed E-state index contributed by atoms with van der Waals surface area (Å²) >= 11 is 0.